The van der Waals surface area contributed by atoms with Gasteiger partial charge < -0.3 is 4.74 Å². The summed E-state index contributed by atoms with van der Waals surface area (Å²) >= 11 is 1.90. The van der Waals surface area contributed by atoms with Gasteiger partial charge in [0.2, 0.25) is 0 Å². The Labute approximate surface area is 92.6 Å². The molecule has 1 rings (SSSR count). The molecule has 1 aromatic heterocycles. The first kappa shape index (κ1) is 11.3. The molecule has 6 heteroatoms. The smallest absolute Gasteiger partial charge is 0.387 e. The minimum Gasteiger partial charge on any atom is -0.433 e. The van der Waals surface area contributed by atoms with E-state index in [1.165, 1.54) is 12.1 Å². The number of carbonyl (C=O) groups excluding carboxylic acids is 1. The van der Waals surface area contributed by atoms with Crippen molar-refractivity contribution < 1.29 is 18.3 Å². The molecule has 0 aliphatic carbocycles. The molecule has 1 heterocycles. The molecule has 0 amide bonds. The Morgan fingerprint density at radius 3 is 2.71 bits per heavy atom. The van der Waals surface area contributed by atoms with Crippen molar-refractivity contribution in [1.82, 2.24) is 4.98 Å². The lowest BCUT2D eigenvalue weighted by molar-refractivity contribution is -0.0500. The van der Waals surface area contributed by atoms with Crippen LogP contribution >= 0.6 is 22.6 Å². The van der Waals surface area contributed by atoms with Gasteiger partial charge in [-0.3, -0.25) is 4.79 Å². The number of Topliss-reactive ketones (excluding diaryl/α,β-unsaturated/α-hetero) is 1. The number of rotatable bonds is 4. The second-order valence-electron chi connectivity index (χ2n) is 2.31. The van der Waals surface area contributed by atoms with Crippen molar-refractivity contribution in [3.63, 3.8) is 0 Å². The Hall–Kier alpha value is -0.790. The van der Waals surface area contributed by atoms with Crippen molar-refractivity contribution >= 4 is 28.4 Å². The summed E-state index contributed by atoms with van der Waals surface area (Å²) in [5.41, 5.74) is 0.251. The first-order chi connectivity index (χ1) is 6.63. The molecule has 0 atom stereocenters. The highest BCUT2D eigenvalue weighted by Gasteiger charge is 2.07. The third kappa shape index (κ3) is 3.17. The van der Waals surface area contributed by atoms with Crippen molar-refractivity contribution in [3.05, 3.63) is 24.0 Å². The molecule has 0 spiro atoms. The van der Waals surface area contributed by atoms with Crippen LogP contribution in [0.4, 0.5) is 8.78 Å². The Kier molecular flexibility index (Phi) is 4.18. The lowest BCUT2D eigenvalue weighted by atomic mass is 10.3. The predicted molar refractivity (Wildman–Crippen MR) is 54.1 cm³/mol. The SMILES string of the molecule is O=C(CI)c1ccc(OC(F)F)cn1. The molecule has 3 nitrogen and oxygen atoms in total. The standard InChI is InChI=1S/C8H6F2INO2/c9-8(10)14-5-1-2-6(12-4-5)7(13)3-11/h1-2,4,8H,3H2. The van der Waals surface area contributed by atoms with E-state index >= 15 is 0 Å². The molecule has 76 valence electrons. The molecule has 0 saturated heterocycles. The highest BCUT2D eigenvalue weighted by atomic mass is 127. The van der Waals surface area contributed by atoms with Crippen molar-refractivity contribution in [2.45, 2.75) is 6.61 Å². The number of hydrogen-bond donors (Lipinski definition) is 0. The monoisotopic (exact) mass is 313 g/mol. The van der Waals surface area contributed by atoms with E-state index in [0.717, 1.165) is 6.20 Å². The molecule has 0 aliphatic heterocycles. The predicted octanol–water partition coefficient (Wildman–Crippen LogP) is 2.30. The van der Waals surface area contributed by atoms with Gasteiger partial charge in [-0.05, 0) is 12.1 Å². The Balaban J connectivity index is 2.73. The van der Waals surface area contributed by atoms with Crippen molar-refractivity contribution in [2.75, 3.05) is 4.43 Å². The fraction of sp³-hybridized carbons (Fsp3) is 0.250. The van der Waals surface area contributed by atoms with Gasteiger partial charge in [0.1, 0.15) is 11.4 Å². The number of ether oxygens (including phenoxy) is 1. The molecular formula is C8H6F2INO2. The summed E-state index contributed by atoms with van der Waals surface area (Å²) in [5.74, 6) is -0.195. The molecule has 0 fully saturated rings. The number of alkyl halides is 3. The van der Waals surface area contributed by atoms with Gasteiger partial charge in [0, 0.05) is 0 Å². The fourth-order valence-electron chi connectivity index (χ4n) is 0.786. The van der Waals surface area contributed by atoms with E-state index in [0.29, 0.717) is 4.43 Å². The molecule has 0 aliphatic rings. The number of hydrogen-bond acceptors (Lipinski definition) is 3. The molecule has 0 N–H and O–H groups in total. The van der Waals surface area contributed by atoms with Gasteiger partial charge in [0.15, 0.2) is 5.78 Å². The summed E-state index contributed by atoms with van der Waals surface area (Å²) in [6.07, 6.45) is 1.10. The number of halogens is 3. The van der Waals surface area contributed by atoms with Crippen molar-refractivity contribution in [2.24, 2.45) is 0 Å². The average molecular weight is 313 g/mol. The Bertz CT molecular complexity index is 316. The van der Waals surface area contributed by atoms with Crippen LogP contribution in [0.3, 0.4) is 0 Å². The maximum atomic E-state index is 11.7. The number of ketones is 1. The topological polar surface area (TPSA) is 39.2 Å². The lowest BCUT2D eigenvalue weighted by Gasteiger charge is -2.03. The van der Waals surface area contributed by atoms with Crippen LogP contribution in [0.5, 0.6) is 5.75 Å². The van der Waals surface area contributed by atoms with Crippen LogP contribution in [-0.2, 0) is 0 Å². The number of aromatic nitrogens is 1. The minimum atomic E-state index is -2.87. The summed E-state index contributed by atoms with van der Waals surface area (Å²) in [5, 5.41) is 0. The van der Waals surface area contributed by atoms with E-state index in [1.807, 2.05) is 22.6 Å². The largest absolute Gasteiger partial charge is 0.433 e. The van der Waals surface area contributed by atoms with E-state index in [1.54, 1.807) is 0 Å². The van der Waals surface area contributed by atoms with Crippen LogP contribution in [-0.4, -0.2) is 21.8 Å². The summed E-state index contributed by atoms with van der Waals surface area (Å²) in [6.45, 7) is -2.87. The number of pyridine rings is 1. The van der Waals surface area contributed by atoms with Crippen LogP contribution in [0.15, 0.2) is 18.3 Å². The summed E-state index contributed by atoms with van der Waals surface area (Å²) < 4.78 is 27.8. The van der Waals surface area contributed by atoms with Gasteiger partial charge in [-0.15, -0.1) is 0 Å². The maximum absolute atomic E-state index is 11.7. The summed E-state index contributed by atoms with van der Waals surface area (Å²) in [7, 11) is 0. The zero-order chi connectivity index (χ0) is 10.6. The number of carbonyl (C=O) groups is 1. The Morgan fingerprint density at radius 1 is 1.57 bits per heavy atom. The van der Waals surface area contributed by atoms with Crippen molar-refractivity contribution in [3.8, 4) is 5.75 Å². The molecule has 0 saturated carbocycles. The summed E-state index contributed by atoms with van der Waals surface area (Å²) in [6, 6.07) is 2.65. The van der Waals surface area contributed by atoms with E-state index in [-0.39, 0.29) is 17.2 Å². The molecule has 0 unspecified atom stereocenters. The fourth-order valence-corrected chi connectivity index (χ4v) is 1.18. The maximum Gasteiger partial charge on any atom is 0.387 e. The third-order valence-corrected chi connectivity index (χ3v) is 2.06. The highest BCUT2D eigenvalue weighted by molar-refractivity contribution is 14.1. The molecule has 0 radical (unpaired) electrons. The first-order valence-electron chi connectivity index (χ1n) is 3.63. The lowest BCUT2D eigenvalue weighted by Crippen LogP contribution is -2.05. The zero-order valence-electron chi connectivity index (χ0n) is 6.91. The average Bonchev–Trinajstić information content (AvgIpc) is 2.17. The molecule has 1 aromatic rings. The van der Waals surface area contributed by atoms with Gasteiger partial charge >= 0.3 is 6.61 Å². The van der Waals surface area contributed by atoms with Crippen LogP contribution in [0.2, 0.25) is 0 Å². The third-order valence-electron chi connectivity index (χ3n) is 1.37. The van der Waals surface area contributed by atoms with Gasteiger partial charge in [-0.2, -0.15) is 8.78 Å². The normalized spacial score (nSPS) is 10.3. The second-order valence-corrected chi connectivity index (χ2v) is 3.08. The first-order valence-corrected chi connectivity index (χ1v) is 5.16. The quantitative estimate of drug-likeness (QED) is 0.486. The van der Waals surface area contributed by atoms with Gasteiger partial charge in [0.05, 0.1) is 10.6 Å². The molecule has 0 bridgehead atoms. The minimum absolute atomic E-state index is 0.0509. The van der Waals surface area contributed by atoms with Crippen LogP contribution in [0, 0.1) is 0 Å². The molecule has 14 heavy (non-hydrogen) atoms. The van der Waals surface area contributed by atoms with Gasteiger partial charge in [-0.1, -0.05) is 22.6 Å². The highest BCUT2D eigenvalue weighted by Crippen LogP contribution is 2.12. The van der Waals surface area contributed by atoms with E-state index < -0.39 is 6.61 Å². The molecule has 0 aromatic carbocycles. The zero-order valence-corrected chi connectivity index (χ0v) is 9.07. The molecular weight excluding hydrogens is 307 g/mol. The number of nitrogens with zero attached hydrogens (tertiary/aromatic N) is 1. The van der Waals surface area contributed by atoms with Crippen LogP contribution in [0.1, 0.15) is 10.5 Å². The summed E-state index contributed by atoms with van der Waals surface area (Å²) in [4.78, 5) is 14.8. The van der Waals surface area contributed by atoms with Crippen molar-refractivity contribution in [1.29, 1.82) is 0 Å². The van der Waals surface area contributed by atoms with E-state index in [2.05, 4.69) is 9.72 Å². The Morgan fingerprint density at radius 2 is 2.29 bits per heavy atom. The van der Waals surface area contributed by atoms with Gasteiger partial charge in [-0.25, -0.2) is 4.98 Å². The second kappa shape index (κ2) is 5.18. The van der Waals surface area contributed by atoms with E-state index in [4.69, 9.17) is 0 Å². The van der Waals surface area contributed by atoms with Crippen LogP contribution < -0.4 is 4.74 Å². The van der Waals surface area contributed by atoms with E-state index in [9.17, 15) is 13.6 Å². The van der Waals surface area contributed by atoms with Crippen LogP contribution in [0.25, 0.3) is 0 Å². The van der Waals surface area contributed by atoms with Gasteiger partial charge in [0.25, 0.3) is 0 Å².